The average molecular weight is 329 g/mol. The highest BCUT2D eigenvalue weighted by Crippen LogP contribution is 2.39. The maximum Gasteiger partial charge on any atom is 0.276 e. The number of nitrogens with zero attached hydrogens (tertiary/aromatic N) is 2. The second-order valence-electron chi connectivity index (χ2n) is 5.28. The topological polar surface area (TPSA) is 55.6 Å². The van der Waals surface area contributed by atoms with E-state index in [-0.39, 0.29) is 5.91 Å². The van der Waals surface area contributed by atoms with Gasteiger partial charge in [-0.05, 0) is 25.7 Å². The number of hydrogen-bond acceptors (Lipinski definition) is 4. The van der Waals surface area contributed by atoms with Crippen LogP contribution in [0.15, 0.2) is 10.6 Å². The van der Waals surface area contributed by atoms with Crippen molar-refractivity contribution in [3.63, 3.8) is 0 Å². The minimum atomic E-state index is -0.00185. The van der Waals surface area contributed by atoms with Crippen LogP contribution in [0, 0.1) is 0 Å². The number of rotatable bonds is 3. The van der Waals surface area contributed by atoms with Gasteiger partial charge < -0.3 is 14.2 Å². The molecule has 0 aliphatic carbocycles. The minimum absolute atomic E-state index is 0.00185. The third-order valence-electron chi connectivity index (χ3n) is 3.97. The molecule has 0 spiro atoms. The number of hydrogen-bond donors (Lipinski definition) is 0. The van der Waals surface area contributed by atoms with E-state index in [0.29, 0.717) is 35.0 Å². The molecule has 1 aromatic rings. The van der Waals surface area contributed by atoms with Gasteiger partial charge in [0, 0.05) is 30.1 Å². The van der Waals surface area contributed by atoms with E-state index < -0.39 is 0 Å². The number of aromatic nitrogens is 1. The third-order valence-corrected chi connectivity index (χ3v) is 4.72. The molecule has 2 bridgehead atoms. The zero-order chi connectivity index (χ0) is 13.4. The Labute approximate surface area is 120 Å². The first-order valence-corrected chi connectivity index (χ1v) is 7.52. The zero-order valence-corrected chi connectivity index (χ0v) is 12.4. The fourth-order valence-corrected chi connectivity index (χ4v) is 4.06. The van der Waals surface area contributed by atoms with E-state index in [0.717, 1.165) is 25.7 Å². The van der Waals surface area contributed by atoms with Crippen molar-refractivity contribution in [3.8, 4) is 0 Å². The summed E-state index contributed by atoms with van der Waals surface area (Å²) in [7, 11) is 1.59. The number of carbonyl (C=O) groups is 1. The molecule has 104 valence electrons. The summed E-state index contributed by atoms with van der Waals surface area (Å²) in [5, 5.41) is 3.87. The van der Waals surface area contributed by atoms with E-state index in [1.165, 1.54) is 0 Å². The minimum Gasteiger partial charge on any atom is -0.377 e. The van der Waals surface area contributed by atoms with Crippen LogP contribution in [0.3, 0.4) is 0 Å². The molecule has 5 nitrogen and oxygen atoms in total. The molecular weight excluding hydrogens is 312 g/mol. The summed E-state index contributed by atoms with van der Waals surface area (Å²) in [4.78, 5) is 15.1. The van der Waals surface area contributed by atoms with E-state index >= 15 is 0 Å². The van der Waals surface area contributed by atoms with Crippen LogP contribution in [0.2, 0.25) is 0 Å². The number of carbonyl (C=O) groups excluding carboxylic acids is 1. The summed E-state index contributed by atoms with van der Waals surface area (Å²) < 4.78 is 10.1. The Balaban J connectivity index is 1.76. The second kappa shape index (κ2) is 5.25. The van der Waals surface area contributed by atoms with Gasteiger partial charge in [0.1, 0.15) is 6.61 Å². The summed E-state index contributed by atoms with van der Waals surface area (Å²) in [5.41, 5.74) is 0.400. The smallest absolute Gasteiger partial charge is 0.276 e. The fourth-order valence-electron chi connectivity index (χ4n) is 3.20. The van der Waals surface area contributed by atoms with Gasteiger partial charge in [-0.1, -0.05) is 21.1 Å². The van der Waals surface area contributed by atoms with Crippen molar-refractivity contribution < 1.29 is 14.1 Å². The number of fused-ring (bicyclic) bond motifs is 2. The highest BCUT2D eigenvalue weighted by atomic mass is 79.9. The zero-order valence-electron chi connectivity index (χ0n) is 10.8. The van der Waals surface area contributed by atoms with E-state index in [2.05, 4.69) is 21.1 Å². The molecule has 3 rings (SSSR count). The first kappa shape index (κ1) is 13.1. The summed E-state index contributed by atoms with van der Waals surface area (Å²) >= 11 is 3.68. The van der Waals surface area contributed by atoms with Gasteiger partial charge in [-0.25, -0.2) is 0 Å². The first-order valence-electron chi connectivity index (χ1n) is 6.60. The largest absolute Gasteiger partial charge is 0.377 e. The van der Waals surface area contributed by atoms with Gasteiger partial charge >= 0.3 is 0 Å². The van der Waals surface area contributed by atoms with Crippen LogP contribution in [0.1, 0.15) is 41.9 Å². The summed E-state index contributed by atoms with van der Waals surface area (Å²) in [6.07, 6.45) is 4.26. The average Bonchev–Trinajstić information content (AvgIpc) is 2.93. The molecule has 2 atom stereocenters. The van der Waals surface area contributed by atoms with Gasteiger partial charge in [-0.15, -0.1) is 0 Å². The molecule has 0 aromatic carbocycles. The standard InChI is InChI=1S/C13H17BrN2O3/c1-18-7-11-6-12(15-19-11)13(17)16-9-2-3-10(16)5-8(14)4-9/h6,8-10H,2-5,7H2,1H3. The monoisotopic (exact) mass is 328 g/mol. The fraction of sp³-hybridized carbons (Fsp3) is 0.692. The number of halogens is 1. The SMILES string of the molecule is COCc1cc(C(=O)N2C3CCC2CC(Br)C3)no1. The summed E-state index contributed by atoms with van der Waals surface area (Å²) in [6.45, 7) is 0.344. The number of methoxy groups -OCH3 is 1. The highest BCUT2D eigenvalue weighted by molar-refractivity contribution is 9.09. The quantitative estimate of drug-likeness (QED) is 0.799. The molecule has 2 aliphatic heterocycles. The molecule has 2 fully saturated rings. The van der Waals surface area contributed by atoms with Crippen LogP contribution in [-0.4, -0.2) is 40.0 Å². The van der Waals surface area contributed by atoms with Gasteiger partial charge in [0.2, 0.25) is 0 Å². The Morgan fingerprint density at radius 3 is 2.84 bits per heavy atom. The lowest BCUT2D eigenvalue weighted by Crippen LogP contribution is -2.46. The summed E-state index contributed by atoms with van der Waals surface area (Å²) in [5.74, 6) is 0.589. The maximum absolute atomic E-state index is 12.5. The van der Waals surface area contributed by atoms with Crippen LogP contribution < -0.4 is 0 Å². The molecular formula is C13H17BrN2O3. The van der Waals surface area contributed by atoms with Gasteiger partial charge in [-0.3, -0.25) is 4.79 Å². The van der Waals surface area contributed by atoms with Crippen LogP contribution in [-0.2, 0) is 11.3 Å². The molecule has 0 saturated carbocycles. The highest BCUT2D eigenvalue weighted by Gasteiger charge is 2.43. The molecule has 2 saturated heterocycles. The van der Waals surface area contributed by atoms with Crippen molar-refractivity contribution in [1.82, 2.24) is 10.1 Å². The van der Waals surface area contributed by atoms with E-state index in [9.17, 15) is 4.79 Å². The molecule has 1 aromatic heterocycles. The molecule has 0 N–H and O–H groups in total. The number of amides is 1. The molecule has 6 heteroatoms. The predicted octanol–water partition coefficient (Wildman–Crippen LogP) is 2.35. The first-order chi connectivity index (χ1) is 9.19. The molecule has 3 heterocycles. The van der Waals surface area contributed by atoms with Gasteiger partial charge in [0.05, 0.1) is 0 Å². The molecule has 1 amide bonds. The lowest BCUT2D eigenvalue weighted by molar-refractivity contribution is 0.0592. The van der Waals surface area contributed by atoms with Crippen molar-refractivity contribution in [3.05, 3.63) is 17.5 Å². The van der Waals surface area contributed by atoms with Crippen molar-refractivity contribution in [2.75, 3.05) is 7.11 Å². The predicted molar refractivity (Wildman–Crippen MR) is 72.1 cm³/mol. The van der Waals surface area contributed by atoms with Crippen molar-refractivity contribution in [2.24, 2.45) is 0 Å². The van der Waals surface area contributed by atoms with Gasteiger partial charge in [0.15, 0.2) is 11.5 Å². The van der Waals surface area contributed by atoms with Gasteiger partial charge in [0.25, 0.3) is 5.91 Å². The molecule has 2 aliphatic rings. The second-order valence-corrected chi connectivity index (χ2v) is 6.57. The maximum atomic E-state index is 12.5. The van der Waals surface area contributed by atoms with E-state index in [4.69, 9.17) is 9.26 Å². The van der Waals surface area contributed by atoms with Crippen molar-refractivity contribution in [1.29, 1.82) is 0 Å². The Morgan fingerprint density at radius 2 is 2.21 bits per heavy atom. The van der Waals surface area contributed by atoms with Crippen LogP contribution >= 0.6 is 15.9 Å². The van der Waals surface area contributed by atoms with Crippen LogP contribution in [0.5, 0.6) is 0 Å². The Kier molecular flexibility index (Phi) is 3.62. The number of alkyl halides is 1. The van der Waals surface area contributed by atoms with Crippen molar-refractivity contribution >= 4 is 21.8 Å². The number of piperidine rings is 1. The van der Waals surface area contributed by atoms with E-state index in [1.807, 2.05) is 4.90 Å². The van der Waals surface area contributed by atoms with Gasteiger partial charge in [-0.2, -0.15) is 0 Å². The van der Waals surface area contributed by atoms with E-state index in [1.54, 1.807) is 13.2 Å². The molecule has 0 radical (unpaired) electrons. The van der Waals surface area contributed by atoms with Crippen LogP contribution in [0.25, 0.3) is 0 Å². The lowest BCUT2D eigenvalue weighted by Gasteiger charge is -2.36. The Morgan fingerprint density at radius 1 is 1.53 bits per heavy atom. The van der Waals surface area contributed by atoms with Crippen LogP contribution in [0.4, 0.5) is 0 Å². The Hall–Kier alpha value is -0.880. The molecule has 2 unspecified atom stereocenters. The Bertz CT molecular complexity index is 462. The normalized spacial score (nSPS) is 29.8. The third kappa shape index (κ3) is 2.43. The molecule has 19 heavy (non-hydrogen) atoms. The lowest BCUT2D eigenvalue weighted by atomic mass is 10.0. The number of ether oxygens (including phenoxy) is 1. The summed E-state index contributed by atoms with van der Waals surface area (Å²) in [6, 6.07) is 2.38. The van der Waals surface area contributed by atoms with Crippen molar-refractivity contribution in [2.45, 2.75) is 49.2 Å².